The summed E-state index contributed by atoms with van der Waals surface area (Å²) < 4.78 is 32.7. The summed E-state index contributed by atoms with van der Waals surface area (Å²) in [5.41, 5.74) is 8.22. The molecule has 3 N–H and O–H groups in total. The van der Waals surface area contributed by atoms with Gasteiger partial charge in [-0.15, -0.1) is 0 Å². The van der Waals surface area contributed by atoms with Gasteiger partial charge >= 0.3 is 0 Å². The van der Waals surface area contributed by atoms with E-state index in [2.05, 4.69) is 9.88 Å². The zero-order valence-corrected chi connectivity index (χ0v) is 13.3. The summed E-state index contributed by atoms with van der Waals surface area (Å²) in [5.74, 6) is 0.608. The first-order valence-corrected chi connectivity index (χ1v) is 8.02. The van der Waals surface area contributed by atoms with E-state index in [1.807, 2.05) is 0 Å². The van der Waals surface area contributed by atoms with Crippen molar-refractivity contribution in [1.29, 1.82) is 0 Å². The van der Waals surface area contributed by atoms with Crippen LogP contribution in [0.5, 0.6) is 0 Å². The molecular formula is C14H19N3O3S. The van der Waals surface area contributed by atoms with Gasteiger partial charge in [0.2, 0.25) is 10.0 Å². The van der Waals surface area contributed by atoms with Crippen LogP contribution in [0.15, 0.2) is 27.6 Å². The molecule has 1 heterocycles. The number of nitrogen functional groups attached to an aromatic ring is 1. The normalized spacial score (nSPS) is 13.3. The molecule has 0 saturated carbocycles. The number of hydrogen-bond acceptors (Lipinski definition) is 5. The van der Waals surface area contributed by atoms with E-state index in [0.717, 1.165) is 5.56 Å². The van der Waals surface area contributed by atoms with Gasteiger partial charge in [0.15, 0.2) is 0 Å². The third-order valence-corrected chi connectivity index (χ3v) is 5.04. The van der Waals surface area contributed by atoms with Gasteiger partial charge in [-0.05, 0) is 51.5 Å². The Morgan fingerprint density at radius 1 is 1.29 bits per heavy atom. The first-order valence-electron chi connectivity index (χ1n) is 6.53. The van der Waals surface area contributed by atoms with Crippen molar-refractivity contribution < 1.29 is 12.9 Å². The molecule has 6 nitrogen and oxygen atoms in total. The lowest BCUT2D eigenvalue weighted by Crippen LogP contribution is -2.28. The molecule has 7 heteroatoms. The van der Waals surface area contributed by atoms with Crippen molar-refractivity contribution in [3.05, 3.63) is 40.8 Å². The molecule has 1 atom stereocenters. The van der Waals surface area contributed by atoms with E-state index in [0.29, 0.717) is 22.7 Å². The summed E-state index contributed by atoms with van der Waals surface area (Å²) in [5, 5.41) is 3.84. The molecule has 0 aliphatic rings. The Labute approximate surface area is 124 Å². The lowest BCUT2D eigenvalue weighted by molar-refractivity contribution is 0.391. The zero-order valence-electron chi connectivity index (χ0n) is 12.5. The monoisotopic (exact) mass is 309 g/mol. The maximum Gasteiger partial charge on any atom is 0.241 e. The summed E-state index contributed by atoms with van der Waals surface area (Å²) in [6.07, 6.45) is 0. The summed E-state index contributed by atoms with van der Waals surface area (Å²) in [7, 11) is -3.64. The van der Waals surface area contributed by atoms with Crippen LogP contribution >= 0.6 is 0 Å². The quantitative estimate of drug-likeness (QED) is 0.844. The zero-order chi connectivity index (χ0) is 15.8. The fraction of sp³-hybridized carbons (Fsp3) is 0.357. The summed E-state index contributed by atoms with van der Waals surface area (Å²) in [4.78, 5) is 0.218. The molecule has 2 rings (SSSR count). The Morgan fingerprint density at radius 3 is 2.48 bits per heavy atom. The average molecular weight is 309 g/mol. The van der Waals surface area contributed by atoms with Crippen LogP contribution < -0.4 is 10.5 Å². The molecule has 0 aliphatic carbocycles. The van der Waals surface area contributed by atoms with Crippen LogP contribution in [0, 0.1) is 20.8 Å². The van der Waals surface area contributed by atoms with Gasteiger partial charge in [0.25, 0.3) is 0 Å². The molecule has 0 amide bonds. The molecule has 1 aromatic carbocycles. The second kappa shape index (κ2) is 5.50. The third-order valence-electron chi connectivity index (χ3n) is 3.34. The van der Waals surface area contributed by atoms with E-state index < -0.39 is 16.1 Å². The molecule has 1 unspecified atom stereocenters. The number of hydrogen-bond donors (Lipinski definition) is 2. The number of benzene rings is 1. The van der Waals surface area contributed by atoms with Gasteiger partial charge < -0.3 is 10.3 Å². The second-order valence-corrected chi connectivity index (χ2v) is 6.79. The van der Waals surface area contributed by atoms with Crippen molar-refractivity contribution >= 4 is 15.7 Å². The van der Waals surface area contributed by atoms with Crippen molar-refractivity contribution in [1.82, 2.24) is 9.88 Å². The minimum atomic E-state index is -3.64. The van der Waals surface area contributed by atoms with E-state index in [4.69, 9.17) is 10.3 Å². The van der Waals surface area contributed by atoms with E-state index in [1.165, 1.54) is 6.07 Å². The topological polar surface area (TPSA) is 98.2 Å². The predicted molar refractivity (Wildman–Crippen MR) is 80.3 cm³/mol. The van der Waals surface area contributed by atoms with Crippen LogP contribution in [-0.4, -0.2) is 13.6 Å². The minimum absolute atomic E-state index is 0.218. The predicted octanol–water partition coefficient (Wildman–Crippen LogP) is 2.22. The van der Waals surface area contributed by atoms with E-state index in [-0.39, 0.29) is 4.90 Å². The van der Waals surface area contributed by atoms with Gasteiger partial charge in [-0.25, -0.2) is 13.1 Å². The molecule has 0 radical (unpaired) electrons. The fourth-order valence-electron chi connectivity index (χ4n) is 2.44. The third kappa shape index (κ3) is 3.08. The van der Waals surface area contributed by atoms with Gasteiger partial charge in [-0.1, -0.05) is 5.16 Å². The van der Waals surface area contributed by atoms with Gasteiger partial charge in [-0.3, -0.25) is 0 Å². The number of aromatic nitrogens is 1. The molecule has 21 heavy (non-hydrogen) atoms. The van der Waals surface area contributed by atoms with Crippen LogP contribution in [0.4, 0.5) is 5.69 Å². The van der Waals surface area contributed by atoms with Gasteiger partial charge in [0.1, 0.15) is 5.76 Å². The lowest BCUT2D eigenvalue weighted by Gasteiger charge is -2.15. The van der Waals surface area contributed by atoms with Gasteiger partial charge in [-0.2, -0.15) is 0 Å². The highest BCUT2D eigenvalue weighted by atomic mass is 32.2. The fourth-order valence-corrected chi connectivity index (χ4v) is 3.88. The Bertz CT molecular complexity index is 746. The van der Waals surface area contributed by atoms with Crippen LogP contribution in [0.3, 0.4) is 0 Å². The Balaban J connectivity index is 2.33. The smallest absolute Gasteiger partial charge is 0.241 e. The number of rotatable bonds is 4. The van der Waals surface area contributed by atoms with E-state index >= 15 is 0 Å². The Hall–Kier alpha value is -1.86. The highest BCUT2D eigenvalue weighted by molar-refractivity contribution is 7.89. The molecule has 114 valence electrons. The molecule has 0 spiro atoms. The summed E-state index contributed by atoms with van der Waals surface area (Å²) in [6, 6.07) is 4.28. The standard InChI is InChI=1S/C14H19N3O3S/c1-8-7-12(15)5-6-13(8)21(18,19)17-10(3)14-9(2)16-20-11(14)4/h5-7,10,17H,15H2,1-4H3. The molecule has 0 saturated heterocycles. The largest absolute Gasteiger partial charge is 0.399 e. The summed E-state index contributed by atoms with van der Waals surface area (Å²) in [6.45, 7) is 7.02. The van der Waals surface area contributed by atoms with Crippen LogP contribution in [-0.2, 0) is 10.0 Å². The maximum absolute atomic E-state index is 12.5. The molecule has 0 aliphatic heterocycles. The minimum Gasteiger partial charge on any atom is -0.399 e. The molecule has 1 aromatic heterocycles. The first kappa shape index (κ1) is 15.5. The van der Waals surface area contributed by atoms with Gasteiger partial charge in [0.05, 0.1) is 10.6 Å². The summed E-state index contributed by atoms with van der Waals surface area (Å²) >= 11 is 0. The number of anilines is 1. The Kier molecular flexibility index (Phi) is 4.06. The maximum atomic E-state index is 12.5. The molecule has 2 aromatic rings. The Morgan fingerprint density at radius 2 is 1.95 bits per heavy atom. The average Bonchev–Trinajstić information content (AvgIpc) is 2.67. The van der Waals surface area contributed by atoms with E-state index in [1.54, 1.807) is 39.8 Å². The first-order chi connectivity index (χ1) is 9.72. The highest BCUT2D eigenvalue weighted by Crippen LogP contribution is 2.24. The van der Waals surface area contributed by atoms with Crippen LogP contribution in [0.25, 0.3) is 0 Å². The number of nitrogens with two attached hydrogens (primary N) is 1. The van der Waals surface area contributed by atoms with Crippen LogP contribution in [0.2, 0.25) is 0 Å². The van der Waals surface area contributed by atoms with E-state index in [9.17, 15) is 8.42 Å². The van der Waals surface area contributed by atoms with Crippen molar-refractivity contribution in [2.75, 3.05) is 5.73 Å². The van der Waals surface area contributed by atoms with Crippen molar-refractivity contribution in [2.45, 2.75) is 38.6 Å². The number of nitrogens with zero attached hydrogens (tertiary/aromatic N) is 1. The SMILES string of the molecule is Cc1cc(N)ccc1S(=O)(=O)NC(C)c1c(C)noc1C. The highest BCUT2D eigenvalue weighted by Gasteiger charge is 2.24. The molecule has 0 fully saturated rings. The lowest BCUT2D eigenvalue weighted by atomic mass is 10.1. The number of nitrogens with one attached hydrogen (secondary N) is 1. The van der Waals surface area contributed by atoms with Crippen molar-refractivity contribution in [2.24, 2.45) is 0 Å². The number of sulfonamides is 1. The molecule has 0 bridgehead atoms. The van der Waals surface area contributed by atoms with Gasteiger partial charge in [0, 0.05) is 17.3 Å². The second-order valence-electron chi connectivity index (χ2n) is 5.11. The van der Waals surface area contributed by atoms with Crippen molar-refractivity contribution in [3.8, 4) is 0 Å². The molecular weight excluding hydrogens is 290 g/mol. The van der Waals surface area contributed by atoms with Crippen LogP contribution in [0.1, 0.15) is 35.5 Å². The van der Waals surface area contributed by atoms with Crippen molar-refractivity contribution in [3.63, 3.8) is 0 Å². The number of aryl methyl sites for hydroxylation is 3.